The normalized spacial score (nSPS) is 23.7. The highest BCUT2D eigenvalue weighted by molar-refractivity contribution is 6.30. The zero-order valence-corrected chi connectivity index (χ0v) is 17.9. The van der Waals surface area contributed by atoms with Crippen molar-refractivity contribution in [3.63, 3.8) is 0 Å². The van der Waals surface area contributed by atoms with Crippen molar-refractivity contribution in [2.45, 2.75) is 55.8 Å². The maximum Gasteiger partial charge on any atom is 0.233 e. The van der Waals surface area contributed by atoms with Gasteiger partial charge in [0.25, 0.3) is 0 Å². The van der Waals surface area contributed by atoms with Crippen molar-refractivity contribution >= 4 is 23.4 Å². The Morgan fingerprint density at radius 3 is 2.27 bits per heavy atom. The van der Waals surface area contributed by atoms with Crippen molar-refractivity contribution in [1.82, 2.24) is 9.88 Å². The zero-order valence-electron chi connectivity index (χ0n) is 17.1. The lowest BCUT2D eigenvalue weighted by molar-refractivity contribution is -0.143. The van der Waals surface area contributed by atoms with Gasteiger partial charge in [0.15, 0.2) is 0 Å². The Labute approximate surface area is 182 Å². The van der Waals surface area contributed by atoms with Crippen LogP contribution < -0.4 is 5.73 Å². The van der Waals surface area contributed by atoms with Gasteiger partial charge >= 0.3 is 0 Å². The molecule has 0 radical (unpaired) electrons. The number of carbonyl (C=O) groups excluding carboxylic acids is 2. The molecule has 1 atom stereocenters. The van der Waals surface area contributed by atoms with Crippen LogP contribution in [0.4, 0.5) is 0 Å². The van der Waals surface area contributed by atoms with Crippen LogP contribution in [0.1, 0.15) is 56.2 Å². The topological polar surface area (TPSA) is 76.3 Å². The molecule has 0 unspecified atom stereocenters. The molecule has 1 aromatic carbocycles. The van der Waals surface area contributed by atoms with Gasteiger partial charge in [-0.1, -0.05) is 49.1 Å². The molecular formula is C24H28ClN3O2. The Kier molecular flexibility index (Phi) is 5.83. The van der Waals surface area contributed by atoms with E-state index in [4.69, 9.17) is 17.3 Å². The van der Waals surface area contributed by atoms with Gasteiger partial charge in [-0.2, -0.15) is 0 Å². The molecule has 2 amide bonds. The molecular weight excluding hydrogens is 398 g/mol. The van der Waals surface area contributed by atoms with E-state index in [1.807, 2.05) is 47.4 Å². The summed E-state index contributed by atoms with van der Waals surface area (Å²) in [5.74, 6) is -0.311. The molecule has 1 aliphatic carbocycles. The summed E-state index contributed by atoms with van der Waals surface area (Å²) < 4.78 is 0. The van der Waals surface area contributed by atoms with Crippen molar-refractivity contribution in [2.24, 2.45) is 5.73 Å². The van der Waals surface area contributed by atoms with Crippen LogP contribution in [0.25, 0.3) is 0 Å². The Hall–Kier alpha value is -2.40. The second-order valence-corrected chi connectivity index (χ2v) is 9.08. The molecule has 2 heterocycles. The van der Waals surface area contributed by atoms with Crippen LogP contribution in [0, 0.1) is 0 Å². The largest absolute Gasteiger partial charge is 0.369 e. The monoisotopic (exact) mass is 425 g/mol. The molecule has 2 aliphatic rings. The maximum atomic E-state index is 14.0. The minimum absolute atomic E-state index is 0.103. The number of primary amides is 1. The van der Waals surface area contributed by atoms with Crippen LogP contribution in [0.3, 0.4) is 0 Å². The summed E-state index contributed by atoms with van der Waals surface area (Å²) in [6, 6.07) is 13.2. The van der Waals surface area contributed by atoms with Gasteiger partial charge in [0.05, 0.1) is 11.1 Å². The summed E-state index contributed by atoms with van der Waals surface area (Å²) in [5, 5.41) is 0.665. The summed E-state index contributed by atoms with van der Waals surface area (Å²) >= 11 is 6.11. The van der Waals surface area contributed by atoms with E-state index in [1.54, 1.807) is 6.20 Å². The number of benzene rings is 1. The molecule has 2 aromatic rings. The number of nitrogens with two attached hydrogens (primary N) is 1. The number of hydrogen-bond donors (Lipinski definition) is 1. The molecule has 2 N–H and O–H groups in total. The molecule has 5 nitrogen and oxygen atoms in total. The van der Waals surface area contributed by atoms with E-state index in [9.17, 15) is 9.59 Å². The van der Waals surface area contributed by atoms with Gasteiger partial charge < -0.3 is 10.6 Å². The van der Waals surface area contributed by atoms with E-state index in [1.165, 1.54) is 0 Å². The highest BCUT2D eigenvalue weighted by Crippen LogP contribution is 2.43. The van der Waals surface area contributed by atoms with E-state index in [0.717, 1.165) is 44.1 Å². The first kappa shape index (κ1) is 20.9. The molecule has 2 fully saturated rings. The number of pyridine rings is 1. The van der Waals surface area contributed by atoms with Gasteiger partial charge in [-0.25, -0.2) is 0 Å². The number of halogens is 1. The summed E-state index contributed by atoms with van der Waals surface area (Å²) in [6.45, 7) is 0.920. The standard InChI is InChI=1S/C24H28ClN3O2/c25-19-10-8-18(9-11-19)23(12-3-1-4-13-23)22(30)28-16-6-14-24(17-28,21(26)29)20-7-2-5-15-27-20/h2,5,7-11,15H,1,3-4,6,12-14,16-17H2,(H2,26,29)/t24-/m1/s1. The molecule has 1 saturated carbocycles. The maximum absolute atomic E-state index is 14.0. The van der Waals surface area contributed by atoms with Gasteiger partial charge in [-0.05, 0) is 55.5 Å². The number of aromatic nitrogens is 1. The van der Waals surface area contributed by atoms with Crippen molar-refractivity contribution in [1.29, 1.82) is 0 Å². The molecule has 1 aromatic heterocycles. The summed E-state index contributed by atoms with van der Waals surface area (Å²) in [7, 11) is 0. The van der Waals surface area contributed by atoms with Crippen molar-refractivity contribution in [3.8, 4) is 0 Å². The smallest absolute Gasteiger partial charge is 0.233 e. The van der Waals surface area contributed by atoms with Gasteiger partial charge in [0, 0.05) is 24.3 Å². The first-order valence-corrected chi connectivity index (χ1v) is 11.1. The molecule has 4 rings (SSSR count). The molecule has 1 aliphatic heterocycles. The number of piperidine rings is 1. The number of hydrogen-bond acceptors (Lipinski definition) is 3. The molecule has 0 spiro atoms. The average Bonchev–Trinajstić information content (AvgIpc) is 2.80. The molecule has 0 bridgehead atoms. The van der Waals surface area contributed by atoms with Crippen LogP contribution in [0.5, 0.6) is 0 Å². The highest BCUT2D eigenvalue weighted by Gasteiger charge is 2.49. The average molecular weight is 426 g/mol. The second-order valence-electron chi connectivity index (χ2n) is 8.64. The fourth-order valence-corrected chi connectivity index (χ4v) is 5.39. The van der Waals surface area contributed by atoms with Crippen LogP contribution in [-0.4, -0.2) is 34.8 Å². The second kappa shape index (κ2) is 8.38. The Bertz CT molecular complexity index is 910. The minimum atomic E-state index is -0.939. The van der Waals surface area contributed by atoms with E-state index in [-0.39, 0.29) is 12.5 Å². The Balaban J connectivity index is 1.70. The first-order chi connectivity index (χ1) is 14.5. The molecule has 1 saturated heterocycles. The van der Waals surface area contributed by atoms with Gasteiger partial charge in [0.1, 0.15) is 5.41 Å². The predicted molar refractivity (Wildman–Crippen MR) is 117 cm³/mol. The van der Waals surface area contributed by atoms with E-state index < -0.39 is 16.7 Å². The van der Waals surface area contributed by atoms with E-state index in [0.29, 0.717) is 23.7 Å². The SMILES string of the molecule is NC(=O)[C@]1(c2ccccn2)CCCN(C(=O)C2(c3ccc(Cl)cc3)CCCCC2)C1. The van der Waals surface area contributed by atoms with Crippen LogP contribution in [0.2, 0.25) is 5.02 Å². The third kappa shape index (κ3) is 3.60. The quantitative estimate of drug-likeness (QED) is 0.804. The number of rotatable bonds is 4. The van der Waals surface area contributed by atoms with Crippen LogP contribution in [-0.2, 0) is 20.4 Å². The fraction of sp³-hybridized carbons (Fsp3) is 0.458. The number of likely N-dealkylation sites (tertiary alicyclic amines) is 1. The number of nitrogens with zero attached hydrogens (tertiary/aromatic N) is 2. The van der Waals surface area contributed by atoms with E-state index in [2.05, 4.69) is 4.98 Å². The predicted octanol–water partition coefficient (Wildman–Crippen LogP) is 3.98. The fourth-order valence-electron chi connectivity index (χ4n) is 5.26. The van der Waals surface area contributed by atoms with Crippen molar-refractivity contribution < 1.29 is 9.59 Å². The molecule has 158 valence electrons. The van der Waals surface area contributed by atoms with Crippen LogP contribution >= 0.6 is 11.6 Å². The van der Waals surface area contributed by atoms with Crippen molar-refractivity contribution in [3.05, 3.63) is 64.9 Å². The Morgan fingerprint density at radius 1 is 0.933 bits per heavy atom. The zero-order chi connectivity index (χ0) is 21.2. The van der Waals surface area contributed by atoms with E-state index >= 15 is 0 Å². The lowest BCUT2D eigenvalue weighted by Crippen LogP contribution is -2.59. The lowest BCUT2D eigenvalue weighted by atomic mass is 9.67. The van der Waals surface area contributed by atoms with Gasteiger partial charge in [-0.15, -0.1) is 0 Å². The molecule has 30 heavy (non-hydrogen) atoms. The lowest BCUT2D eigenvalue weighted by Gasteiger charge is -2.46. The highest BCUT2D eigenvalue weighted by atomic mass is 35.5. The number of amides is 2. The molecule has 6 heteroatoms. The summed E-state index contributed by atoms with van der Waals surface area (Å²) in [4.78, 5) is 33.0. The first-order valence-electron chi connectivity index (χ1n) is 10.7. The third-order valence-corrected chi connectivity index (χ3v) is 7.17. The summed E-state index contributed by atoms with van der Waals surface area (Å²) in [6.07, 6.45) is 7.82. The summed E-state index contributed by atoms with van der Waals surface area (Å²) in [5.41, 5.74) is 6.07. The minimum Gasteiger partial charge on any atom is -0.369 e. The van der Waals surface area contributed by atoms with Gasteiger partial charge in [0.2, 0.25) is 11.8 Å². The third-order valence-electron chi connectivity index (χ3n) is 6.92. The van der Waals surface area contributed by atoms with Crippen molar-refractivity contribution in [2.75, 3.05) is 13.1 Å². The van der Waals surface area contributed by atoms with Gasteiger partial charge in [-0.3, -0.25) is 14.6 Å². The Morgan fingerprint density at radius 2 is 1.63 bits per heavy atom. The number of carbonyl (C=O) groups is 2. The van der Waals surface area contributed by atoms with Crippen LogP contribution in [0.15, 0.2) is 48.7 Å².